The Morgan fingerprint density at radius 3 is 2.55 bits per heavy atom. The molecule has 0 saturated carbocycles. The van der Waals surface area contributed by atoms with Gasteiger partial charge in [0, 0.05) is 30.1 Å². The summed E-state index contributed by atoms with van der Waals surface area (Å²) in [6, 6.07) is 6.14. The minimum Gasteiger partial charge on any atom is -0.382 e. The topological polar surface area (TPSA) is 124 Å². The first kappa shape index (κ1) is 27.3. The van der Waals surface area contributed by atoms with Crippen molar-refractivity contribution in [3.05, 3.63) is 63.4 Å². The number of fused-ring (bicyclic) bond motifs is 1. The number of hydrogen-bond acceptors (Lipinski definition) is 7. The summed E-state index contributed by atoms with van der Waals surface area (Å²) in [6.07, 6.45) is -3.83. The second-order valence-corrected chi connectivity index (χ2v) is 10.5. The van der Waals surface area contributed by atoms with Crippen LogP contribution in [0.15, 0.2) is 35.6 Å². The maximum Gasteiger partial charge on any atom is 0.433 e. The van der Waals surface area contributed by atoms with Crippen LogP contribution >= 0.6 is 11.3 Å². The fraction of sp³-hybridized carbons (Fsp3) is 0.296. The molecule has 1 aliphatic rings. The highest BCUT2D eigenvalue weighted by Gasteiger charge is 2.36. The summed E-state index contributed by atoms with van der Waals surface area (Å²) in [5.41, 5.74) is 8.92. The van der Waals surface area contributed by atoms with Crippen LogP contribution in [0.5, 0.6) is 0 Å². The number of thiophene rings is 1. The third kappa shape index (κ3) is 4.92. The number of amides is 2. The van der Waals surface area contributed by atoms with Crippen LogP contribution in [0.1, 0.15) is 51.1 Å². The molecule has 9 nitrogen and oxygen atoms in total. The largest absolute Gasteiger partial charge is 0.433 e. The molecule has 3 N–H and O–H groups in total. The second kappa shape index (κ2) is 10.0. The first-order valence-corrected chi connectivity index (χ1v) is 13.2. The van der Waals surface area contributed by atoms with Crippen molar-refractivity contribution in [1.82, 2.24) is 14.8 Å². The van der Waals surface area contributed by atoms with Gasteiger partial charge in [0.25, 0.3) is 11.8 Å². The predicted molar refractivity (Wildman–Crippen MR) is 145 cm³/mol. The molecule has 0 radical (unpaired) electrons. The van der Waals surface area contributed by atoms with E-state index >= 15 is 0 Å². The molecule has 0 spiro atoms. The molecule has 4 heterocycles. The van der Waals surface area contributed by atoms with Gasteiger partial charge in [0.2, 0.25) is 6.10 Å². The quantitative estimate of drug-likeness (QED) is 0.323. The van der Waals surface area contributed by atoms with Crippen LogP contribution in [-0.2, 0) is 22.4 Å². The minimum absolute atomic E-state index is 0.0148. The summed E-state index contributed by atoms with van der Waals surface area (Å²) >= 11 is 0.687. The van der Waals surface area contributed by atoms with Gasteiger partial charge in [-0.2, -0.15) is 18.3 Å². The van der Waals surface area contributed by atoms with Crippen LogP contribution < -0.4 is 11.1 Å². The molecule has 0 aliphatic carbocycles. The SMILES string of the molecule is CCn1cc(C2=NOC(C(=O)Nc3c(C(N)=O)sc4nc(C(F)(F)F)cc(-c5ccc(C)c(C)c5)c34)C2)c(C)n1. The van der Waals surface area contributed by atoms with E-state index in [0.717, 1.165) is 28.5 Å². The number of halogens is 3. The molecule has 2 amide bonds. The molecule has 208 valence electrons. The summed E-state index contributed by atoms with van der Waals surface area (Å²) in [4.78, 5) is 34.7. The average Bonchev–Trinajstić information content (AvgIpc) is 3.61. The zero-order valence-electron chi connectivity index (χ0n) is 22.0. The third-order valence-electron chi connectivity index (χ3n) is 6.78. The molecule has 0 bridgehead atoms. The van der Waals surface area contributed by atoms with Crippen LogP contribution in [0.3, 0.4) is 0 Å². The van der Waals surface area contributed by atoms with Gasteiger partial charge in [0.15, 0.2) is 0 Å². The Labute approximate surface area is 230 Å². The first-order valence-electron chi connectivity index (χ1n) is 12.4. The molecule has 13 heteroatoms. The van der Waals surface area contributed by atoms with Gasteiger partial charge in [-0.1, -0.05) is 23.4 Å². The molecule has 1 atom stereocenters. The number of carbonyl (C=O) groups excluding carboxylic acids is 2. The summed E-state index contributed by atoms with van der Waals surface area (Å²) in [6.45, 7) is 8.15. The van der Waals surface area contributed by atoms with Gasteiger partial charge >= 0.3 is 6.18 Å². The standard InChI is InChI=1S/C27H25F3N6O3S/c1-5-36-11-17(14(4)34-36)18-10-19(39-35-18)25(38)33-22-21-16(15-7-6-12(2)13(3)8-15)9-20(27(28,29)30)32-26(21)40-23(22)24(31)37/h6-9,11,19H,5,10H2,1-4H3,(H2,31,37)(H,33,38). The summed E-state index contributed by atoms with van der Waals surface area (Å²) < 4.78 is 43.2. The smallest absolute Gasteiger partial charge is 0.382 e. The summed E-state index contributed by atoms with van der Waals surface area (Å²) in [7, 11) is 0. The molecule has 1 aliphatic heterocycles. The van der Waals surface area contributed by atoms with Crippen molar-refractivity contribution >= 4 is 44.8 Å². The molecule has 3 aromatic heterocycles. The zero-order chi connectivity index (χ0) is 28.9. The van der Waals surface area contributed by atoms with E-state index in [4.69, 9.17) is 10.6 Å². The van der Waals surface area contributed by atoms with E-state index < -0.39 is 29.8 Å². The number of benzene rings is 1. The molecule has 5 rings (SSSR count). The maximum atomic E-state index is 13.8. The van der Waals surface area contributed by atoms with Gasteiger partial charge in [-0.3, -0.25) is 14.3 Å². The third-order valence-corrected chi connectivity index (χ3v) is 7.88. The van der Waals surface area contributed by atoms with Gasteiger partial charge in [0.1, 0.15) is 15.4 Å². The lowest BCUT2D eigenvalue weighted by molar-refractivity contribution is -0.140. The van der Waals surface area contributed by atoms with Gasteiger partial charge in [-0.25, -0.2) is 4.98 Å². The predicted octanol–water partition coefficient (Wildman–Crippen LogP) is 5.35. The highest BCUT2D eigenvalue weighted by atomic mass is 32.1. The Balaban J connectivity index is 1.57. The van der Waals surface area contributed by atoms with E-state index in [-0.39, 0.29) is 32.8 Å². The number of nitrogens with zero attached hydrogens (tertiary/aromatic N) is 4. The second-order valence-electron chi connectivity index (χ2n) is 9.51. The molecule has 40 heavy (non-hydrogen) atoms. The van der Waals surface area contributed by atoms with Gasteiger partial charge in [0.05, 0.1) is 17.1 Å². The lowest BCUT2D eigenvalue weighted by Crippen LogP contribution is -2.29. The summed E-state index contributed by atoms with van der Waals surface area (Å²) in [5.74, 6) is -1.54. The Kier molecular flexibility index (Phi) is 6.86. The number of hydrogen-bond donors (Lipinski definition) is 2. The highest BCUT2D eigenvalue weighted by molar-refractivity contribution is 7.21. The van der Waals surface area contributed by atoms with Crippen LogP contribution in [0, 0.1) is 20.8 Å². The van der Waals surface area contributed by atoms with Crippen molar-refractivity contribution in [2.24, 2.45) is 10.9 Å². The number of aromatic nitrogens is 3. The number of nitrogens with one attached hydrogen (secondary N) is 1. The molecule has 0 fully saturated rings. The van der Waals surface area contributed by atoms with Crippen LogP contribution in [0.4, 0.5) is 18.9 Å². The number of nitrogens with two attached hydrogens (primary N) is 1. The minimum atomic E-state index is -4.74. The van der Waals surface area contributed by atoms with E-state index in [0.29, 0.717) is 29.2 Å². The fourth-order valence-electron chi connectivity index (χ4n) is 4.52. The van der Waals surface area contributed by atoms with Crippen molar-refractivity contribution in [2.75, 3.05) is 5.32 Å². The van der Waals surface area contributed by atoms with E-state index in [2.05, 4.69) is 20.6 Å². The van der Waals surface area contributed by atoms with Crippen LogP contribution in [0.2, 0.25) is 0 Å². The lowest BCUT2D eigenvalue weighted by atomic mass is 9.97. The van der Waals surface area contributed by atoms with E-state index in [1.807, 2.05) is 33.9 Å². The van der Waals surface area contributed by atoms with Crippen molar-refractivity contribution in [3.63, 3.8) is 0 Å². The van der Waals surface area contributed by atoms with Crippen LogP contribution in [0.25, 0.3) is 21.3 Å². The number of aryl methyl sites for hydroxylation is 4. The molecular weight excluding hydrogens is 545 g/mol. The van der Waals surface area contributed by atoms with E-state index in [9.17, 15) is 22.8 Å². The van der Waals surface area contributed by atoms with Crippen molar-refractivity contribution in [3.8, 4) is 11.1 Å². The molecule has 1 aromatic carbocycles. The Hall–Kier alpha value is -4.26. The molecule has 1 unspecified atom stereocenters. The van der Waals surface area contributed by atoms with Gasteiger partial charge in [-0.15, -0.1) is 11.3 Å². The lowest BCUT2D eigenvalue weighted by Gasteiger charge is -2.14. The van der Waals surface area contributed by atoms with Crippen molar-refractivity contribution < 1.29 is 27.6 Å². The monoisotopic (exact) mass is 570 g/mol. The molecule has 0 saturated heterocycles. The average molecular weight is 571 g/mol. The number of anilines is 1. The highest BCUT2D eigenvalue weighted by Crippen LogP contribution is 2.44. The molecule has 4 aromatic rings. The Bertz CT molecular complexity index is 1710. The van der Waals surface area contributed by atoms with Crippen LogP contribution in [-0.4, -0.2) is 38.4 Å². The number of oxime groups is 1. The Morgan fingerprint density at radius 2 is 1.93 bits per heavy atom. The normalized spacial score (nSPS) is 15.3. The van der Waals surface area contributed by atoms with Crippen molar-refractivity contribution in [2.45, 2.75) is 52.9 Å². The number of primary amides is 1. The van der Waals surface area contributed by atoms with Gasteiger partial charge in [-0.05, 0) is 56.0 Å². The van der Waals surface area contributed by atoms with E-state index in [1.54, 1.807) is 22.9 Å². The van der Waals surface area contributed by atoms with Crippen molar-refractivity contribution in [1.29, 1.82) is 0 Å². The molecular formula is C27H25F3N6O3S. The number of carbonyl (C=O) groups is 2. The summed E-state index contributed by atoms with van der Waals surface area (Å²) in [5, 5.41) is 11.3. The van der Waals surface area contributed by atoms with Gasteiger partial charge < -0.3 is 15.9 Å². The van der Waals surface area contributed by atoms with E-state index in [1.165, 1.54) is 0 Å². The zero-order valence-corrected chi connectivity index (χ0v) is 22.8. The first-order chi connectivity index (χ1) is 18.9. The Morgan fingerprint density at radius 1 is 1.18 bits per heavy atom. The maximum absolute atomic E-state index is 13.8. The number of rotatable bonds is 6. The fourth-order valence-corrected chi connectivity index (χ4v) is 5.52. The number of alkyl halides is 3. The number of pyridine rings is 1.